The molecule has 100 valence electrons. The maximum Gasteiger partial charge on any atom is 0.275 e. The molecule has 1 N–H and O–H groups in total. The minimum atomic E-state index is -0.316. The van der Waals surface area contributed by atoms with Crippen LogP contribution in [0.1, 0.15) is 10.5 Å². The molecule has 1 aromatic carbocycles. The number of hydrogen-bond donors (Lipinski definition) is 1. The number of nitrogens with zero attached hydrogens (tertiary/aromatic N) is 1. The van der Waals surface area contributed by atoms with Crippen LogP contribution in [-0.4, -0.2) is 25.1 Å². The molecule has 0 atom stereocenters. The summed E-state index contributed by atoms with van der Waals surface area (Å²) in [6.45, 7) is 0. The first-order valence-electron chi connectivity index (χ1n) is 5.26. The van der Waals surface area contributed by atoms with Crippen LogP contribution in [0.3, 0.4) is 0 Å². The molecule has 0 radical (unpaired) electrons. The number of ether oxygens (including phenoxy) is 2. The number of amides is 1. The van der Waals surface area contributed by atoms with Gasteiger partial charge < -0.3 is 14.8 Å². The van der Waals surface area contributed by atoms with Crippen molar-refractivity contribution in [2.75, 3.05) is 19.5 Å². The number of anilines is 1. The highest BCUT2D eigenvalue weighted by atomic mass is 35.5. The minimum absolute atomic E-state index is 0.316. The van der Waals surface area contributed by atoms with E-state index < -0.39 is 0 Å². The van der Waals surface area contributed by atoms with Crippen LogP contribution in [0.15, 0.2) is 23.0 Å². The highest BCUT2D eigenvalue weighted by Gasteiger charge is 2.14. The summed E-state index contributed by atoms with van der Waals surface area (Å²) in [5.41, 5.74) is 2.41. The molecular formula is C12H11ClN2O3S. The highest BCUT2D eigenvalue weighted by molar-refractivity contribution is 7.07. The maximum absolute atomic E-state index is 11.9. The molecule has 0 spiro atoms. The molecule has 19 heavy (non-hydrogen) atoms. The van der Waals surface area contributed by atoms with E-state index in [9.17, 15) is 4.79 Å². The van der Waals surface area contributed by atoms with Crippen molar-refractivity contribution in [1.29, 1.82) is 0 Å². The summed E-state index contributed by atoms with van der Waals surface area (Å²) in [7, 11) is 3.00. The normalized spacial score (nSPS) is 10.1. The quantitative estimate of drug-likeness (QED) is 0.942. The van der Waals surface area contributed by atoms with Crippen LogP contribution in [0.5, 0.6) is 11.5 Å². The van der Waals surface area contributed by atoms with Crippen LogP contribution < -0.4 is 14.8 Å². The summed E-state index contributed by atoms with van der Waals surface area (Å²) in [5, 5.41) is 4.78. The fourth-order valence-electron chi connectivity index (χ4n) is 1.47. The number of methoxy groups -OCH3 is 2. The van der Waals surface area contributed by atoms with Gasteiger partial charge in [-0.25, -0.2) is 4.98 Å². The lowest BCUT2D eigenvalue weighted by molar-refractivity contribution is 0.102. The number of rotatable bonds is 4. The Morgan fingerprint density at radius 3 is 2.63 bits per heavy atom. The third-order valence-corrected chi connectivity index (χ3v) is 3.27. The molecular weight excluding hydrogens is 288 g/mol. The zero-order valence-electron chi connectivity index (χ0n) is 10.3. The van der Waals surface area contributed by atoms with Crippen molar-refractivity contribution in [1.82, 2.24) is 4.98 Å². The number of carbonyl (C=O) groups excluding carboxylic acids is 1. The molecule has 0 bridgehead atoms. The van der Waals surface area contributed by atoms with Crippen LogP contribution >= 0.6 is 22.9 Å². The van der Waals surface area contributed by atoms with Crippen molar-refractivity contribution in [3.05, 3.63) is 33.7 Å². The zero-order valence-corrected chi connectivity index (χ0v) is 11.8. The van der Waals surface area contributed by atoms with E-state index >= 15 is 0 Å². The van der Waals surface area contributed by atoms with E-state index in [0.29, 0.717) is 27.9 Å². The van der Waals surface area contributed by atoms with Crippen LogP contribution in [0, 0.1) is 0 Å². The van der Waals surface area contributed by atoms with Crippen molar-refractivity contribution in [2.45, 2.75) is 0 Å². The summed E-state index contributed by atoms with van der Waals surface area (Å²) >= 11 is 7.34. The van der Waals surface area contributed by atoms with Gasteiger partial charge in [-0.2, -0.15) is 0 Å². The Labute approximate surface area is 119 Å². The van der Waals surface area contributed by atoms with Gasteiger partial charge in [0, 0.05) is 17.5 Å². The molecule has 0 fully saturated rings. The Kier molecular flexibility index (Phi) is 4.24. The molecule has 0 saturated heterocycles. The zero-order chi connectivity index (χ0) is 13.8. The molecule has 1 amide bonds. The molecule has 5 nitrogen and oxygen atoms in total. The molecule has 0 aliphatic rings. The number of thiazole rings is 1. The molecule has 0 aliphatic carbocycles. The molecule has 2 aromatic rings. The summed E-state index contributed by atoms with van der Waals surface area (Å²) in [4.78, 5) is 15.9. The Hall–Kier alpha value is -1.79. The van der Waals surface area contributed by atoms with E-state index in [0.717, 1.165) is 0 Å². The number of nitrogens with one attached hydrogen (secondary N) is 1. The third kappa shape index (κ3) is 2.97. The van der Waals surface area contributed by atoms with Crippen LogP contribution in [0.4, 0.5) is 5.69 Å². The predicted molar refractivity (Wildman–Crippen MR) is 74.6 cm³/mol. The van der Waals surface area contributed by atoms with Crippen molar-refractivity contribution in [3.63, 3.8) is 0 Å². The standard InChI is InChI=1S/C12H11ClN2O3S/c1-17-10-4-8(11(18-2)3-7(10)13)15-12(16)9-5-19-6-14-9/h3-6H,1-2H3,(H,15,16). The summed E-state index contributed by atoms with van der Waals surface area (Å²) in [6.07, 6.45) is 0. The van der Waals surface area contributed by atoms with Gasteiger partial charge in [0.15, 0.2) is 0 Å². The van der Waals surface area contributed by atoms with E-state index in [1.54, 1.807) is 23.0 Å². The average molecular weight is 299 g/mol. The number of hydrogen-bond acceptors (Lipinski definition) is 5. The molecule has 7 heteroatoms. The fraction of sp³-hybridized carbons (Fsp3) is 0.167. The Balaban J connectivity index is 2.31. The van der Waals surface area contributed by atoms with E-state index in [1.165, 1.54) is 25.6 Å². The first-order valence-corrected chi connectivity index (χ1v) is 6.59. The van der Waals surface area contributed by atoms with Gasteiger partial charge in [0.2, 0.25) is 0 Å². The molecule has 0 unspecified atom stereocenters. The largest absolute Gasteiger partial charge is 0.495 e. The van der Waals surface area contributed by atoms with Crippen LogP contribution in [-0.2, 0) is 0 Å². The molecule has 2 rings (SSSR count). The van der Waals surface area contributed by atoms with Crippen LogP contribution in [0.25, 0.3) is 0 Å². The van der Waals surface area contributed by atoms with Crippen molar-refractivity contribution in [3.8, 4) is 11.5 Å². The number of benzene rings is 1. The Bertz CT molecular complexity index is 587. The molecule has 0 aliphatic heterocycles. The number of halogens is 1. The first-order chi connectivity index (χ1) is 9.15. The lowest BCUT2D eigenvalue weighted by atomic mass is 10.2. The average Bonchev–Trinajstić information content (AvgIpc) is 2.94. The van der Waals surface area contributed by atoms with Crippen molar-refractivity contribution in [2.24, 2.45) is 0 Å². The molecule has 0 saturated carbocycles. The van der Waals surface area contributed by atoms with Crippen molar-refractivity contribution >= 4 is 34.5 Å². The minimum Gasteiger partial charge on any atom is -0.495 e. The summed E-state index contributed by atoms with van der Waals surface area (Å²) in [5.74, 6) is 0.592. The smallest absolute Gasteiger partial charge is 0.275 e. The number of aromatic nitrogens is 1. The molecule has 1 aromatic heterocycles. The van der Waals surface area contributed by atoms with Gasteiger partial charge in [-0.05, 0) is 0 Å². The SMILES string of the molecule is COc1cc(NC(=O)c2cscn2)c(OC)cc1Cl. The van der Waals surface area contributed by atoms with Gasteiger partial charge in [-0.1, -0.05) is 11.6 Å². The first kappa shape index (κ1) is 13.6. The third-order valence-electron chi connectivity index (χ3n) is 2.39. The van der Waals surface area contributed by atoms with E-state index in [4.69, 9.17) is 21.1 Å². The number of carbonyl (C=O) groups is 1. The fourth-order valence-corrected chi connectivity index (χ4v) is 2.23. The van der Waals surface area contributed by atoms with Gasteiger partial charge in [-0.3, -0.25) is 4.79 Å². The van der Waals surface area contributed by atoms with Crippen LogP contribution in [0.2, 0.25) is 5.02 Å². The Morgan fingerprint density at radius 1 is 1.32 bits per heavy atom. The topological polar surface area (TPSA) is 60.5 Å². The lowest BCUT2D eigenvalue weighted by Gasteiger charge is -2.12. The van der Waals surface area contributed by atoms with Gasteiger partial charge in [0.25, 0.3) is 5.91 Å². The van der Waals surface area contributed by atoms with E-state index in [2.05, 4.69) is 10.3 Å². The second-order valence-corrected chi connectivity index (χ2v) is 4.64. The van der Waals surface area contributed by atoms with E-state index in [-0.39, 0.29) is 5.91 Å². The highest BCUT2D eigenvalue weighted by Crippen LogP contribution is 2.36. The monoisotopic (exact) mass is 298 g/mol. The van der Waals surface area contributed by atoms with E-state index in [1.807, 2.05) is 0 Å². The van der Waals surface area contributed by atoms with Gasteiger partial charge >= 0.3 is 0 Å². The van der Waals surface area contributed by atoms with Gasteiger partial charge in [0.1, 0.15) is 17.2 Å². The predicted octanol–water partition coefficient (Wildman–Crippen LogP) is 3.07. The summed E-state index contributed by atoms with van der Waals surface area (Å²) in [6, 6.07) is 3.18. The lowest BCUT2D eigenvalue weighted by Crippen LogP contribution is -2.13. The van der Waals surface area contributed by atoms with Gasteiger partial charge in [-0.15, -0.1) is 11.3 Å². The second-order valence-electron chi connectivity index (χ2n) is 3.51. The summed E-state index contributed by atoms with van der Waals surface area (Å²) < 4.78 is 10.3. The van der Waals surface area contributed by atoms with Gasteiger partial charge in [0.05, 0.1) is 30.4 Å². The Morgan fingerprint density at radius 2 is 2.05 bits per heavy atom. The van der Waals surface area contributed by atoms with Crippen molar-refractivity contribution < 1.29 is 14.3 Å². The molecule has 1 heterocycles. The maximum atomic E-state index is 11.9. The second kappa shape index (κ2) is 5.90.